The molecule has 0 N–H and O–H groups in total. The molecule has 1 aliphatic rings. The van der Waals surface area contributed by atoms with Gasteiger partial charge in [0.05, 0.1) is 12.1 Å². The Morgan fingerprint density at radius 3 is 2.70 bits per heavy atom. The average Bonchev–Trinajstić information content (AvgIpc) is 3.13. The molecule has 0 fully saturated rings. The molecule has 5 nitrogen and oxygen atoms in total. The predicted octanol–water partition coefficient (Wildman–Crippen LogP) is 3.50. The number of fused-ring (bicyclic) bond motifs is 1. The molecule has 0 radical (unpaired) electrons. The number of nitrogens with zero attached hydrogens (tertiary/aromatic N) is 3. The normalized spacial score (nSPS) is 14.9. The van der Waals surface area contributed by atoms with Crippen LogP contribution >= 0.6 is 0 Å². The summed E-state index contributed by atoms with van der Waals surface area (Å²) in [6, 6.07) is 10.5. The first-order chi connectivity index (χ1) is 11.2. The highest BCUT2D eigenvalue weighted by Gasteiger charge is 2.19. The fourth-order valence-electron chi connectivity index (χ4n) is 3.15. The van der Waals surface area contributed by atoms with Crippen LogP contribution in [0, 0.1) is 13.8 Å². The summed E-state index contributed by atoms with van der Waals surface area (Å²) in [6.07, 6.45) is 1.07. The van der Waals surface area contributed by atoms with E-state index in [1.165, 1.54) is 11.1 Å². The van der Waals surface area contributed by atoms with Gasteiger partial charge in [-0.1, -0.05) is 24.3 Å². The van der Waals surface area contributed by atoms with Crippen LogP contribution in [0.1, 0.15) is 28.5 Å². The minimum Gasteiger partial charge on any atom is -0.466 e. The lowest BCUT2D eigenvalue weighted by molar-refractivity contribution is 0.222. The predicted molar refractivity (Wildman–Crippen MR) is 85.7 cm³/mol. The summed E-state index contributed by atoms with van der Waals surface area (Å²) in [5.41, 5.74) is 3.71. The molecule has 4 rings (SSSR count). The number of furan rings is 1. The molecule has 0 saturated heterocycles. The summed E-state index contributed by atoms with van der Waals surface area (Å²) in [6.45, 7) is 6.44. The van der Waals surface area contributed by atoms with Crippen molar-refractivity contribution in [3.8, 4) is 11.5 Å². The third kappa shape index (κ3) is 2.80. The van der Waals surface area contributed by atoms with Crippen LogP contribution in [-0.2, 0) is 19.5 Å². The second-order valence-electron chi connectivity index (χ2n) is 6.06. The molecule has 0 amide bonds. The van der Waals surface area contributed by atoms with E-state index in [0.717, 1.165) is 36.6 Å². The topological polar surface area (TPSA) is 55.3 Å². The smallest absolute Gasteiger partial charge is 0.251 e. The fraction of sp³-hybridized carbons (Fsp3) is 0.333. The maximum Gasteiger partial charge on any atom is 0.251 e. The zero-order chi connectivity index (χ0) is 15.8. The van der Waals surface area contributed by atoms with Gasteiger partial charge in [0.25, 0.3) is 5.89 Å². The van der Waals surface area contributed by atoms with Gasteiger partial charge in [-0.2, -0.15) is 0 Å². The van der Waals surface area contributed by atoms with Crippen LogP contribution in [0.4, 0.5) is 0 Å². The maximum absolute atomic E-state index is 5.83. The molecular formula is C18H19N3O2. The van der Waals surface area contributed by atoms with Crippen molar-refractivity contribution in [3.05, 3.63) is 58.9 Å². The first-order valence-corrected chi connectivity index (χ1v) is 7.88. The largest absolute Gasteiger partial charge is 0.466 e. The van der Waals surface area contributed by atoms with Crippen LogP contribution in [-0.4, -0.2) is 21.6 Å². The molecule has 23 heavy (non-hydrogen) atoms. The van der Waals surface area contributed by atoms with E-state index in [0.29, 0.717) is 18.3 Å². The van der Waals surface area contributed by atoms with Crippen molar-refractivity contribution in [2.75, 3.05) is 6.54 Å². The first-order valence-electron chi connectivity index (χ1n) is 7.88. The van der Waals surface area contributed by atoms with Crippen LogP contribution in [0.3, 0.4) is 0 Å². The van der Waals surface area contributed by atoms with Gasteiger partial charge in [0.2, 0.25) is 5.89 Å². The highest BCUT2D eigenvalue weighted by Crippen LogP contribution is 2.26. The monoisotopic (exact) mass is 309 g/mol. The molecule has 0 bridgehead atoms. The van der Waals surface area contributed by atoms with Crippen LogP contribution in [0.25, 0.3) is 11.5 Å². The van der Waals surface area contributed by atoms with E-state index in [1.54, 1.807) is 0 Å². The van der Waals surface area contributed by atoms with E-state index in [2.05, 4.69) is 39.4 Å². The Labute approximate surface area is 134 Å². The van der Waals surface area contributed by atoms with Crippen LogP contribution in [0.2, 0.25) is 0 Å². The number of hydrogen-bond acceptors (Lipinski definition) is 5. The van der Waals surface area contributed by atoms with Crippen molar-refractivity contribution in [1.82, 2.24) is 15.1 Å². The number of rotatable bonds is 3. The molecule has 0 atom stereocenters. The number of hydrogen-bond donors (Lipinski definition) is 0. The van der Waals surface area contributed by atoms with Gasteiger partial charge < -0.3 is 8.83 Å². The maximum atomic E-state index is 5.83. The fourth-order valence-corrected chi connectivity index (χ4v) is 3.15. The van der Waals surface area contributed by atoms with Crippen LogP contribution in [0.15, 0.2) is 39.2 Å². The van der Waals surface area contributed by atoms with Gasteiger partial charge in [-0.15, -0.1) is 10.2 Å². The zero-order valence-electron chi connectivity index (χ0n) is 13.4. The van der Waals surface area contributed by atoms with Crippen LogP contribution < -0.4 is 0 Å². The summed E-state index contributed by atoms with van der Waals surface area (Å²) in [5.74, 6) is 2.85. The minimum atomic E-state index is 0.534. The number of benzene rings is 1. The first kappa shape index (κ1) is 14.2. The molecule has 1 aromatic carbocycles. The van der Waals surface area contributed by atoms with Crippen LogP contribution in [0.5, 0.6) is 0 Å². The molecule has 3 aromatic rings. The highest BCUT2D eigenvalue weighted by atomic mass is 16.4. The summed E-state index contributed by atoms with van der Waals surface area (Å²) < 4.78 is 11.4. The Balaban J connectivity index is 1.50. The lowest BCUT2D eigenvalue weighted by Crippen LogP contribution is -2.30. The van der Waals surface area contributed by atoms with Crippen molar-refractivity contribution in [2.24, 2.45) is 0 Å². The molecule has 0 aliphatic carbocycles. The van der Waals surface area contributed by atoms with Crippen molar-refractivity contribution >= 4 is 0 Å². The molecular weight excluding hydrogens is 290 g/mol. The molecule has 1 aliphatic heterocycles. The lowest BCUT2D eigenvalue weighted by Gasteiger charge is -2.27. The van der Waals surface area contributed by atoms with Crippen molar-refractivity contribution in [3.63, 3.8) is 0 Å². The summed E-state index contributed by atoms with van der Waals surface area (Å²) in [5, 5.41) is 8.36. The van der Waals surface area contributed by atoms with Gasteiger partial charge in [0.1, 0.15) is 11.5 Å². The Hall–Kier alpha value is -2.40. The van der Waals surface area contributed by atoms with Gasteiger partial charge in [-0.3, -0.25) is 4.90 Å². The van der Waals surface area contributed by atoms with E-state index in [1.807, 2.05) is 19.9 Å². The number of aromatic nitrogens is 2. The van der Waals surface area contributed by atoms with E-state index in [9.17, 15) is 0 Å². The Morgan fingerprint density at radius 1 is 1.09 bits per heavy atom. The second kappa shape index (κ2) is 5.66. The quantitative estimate of drug-likeness (QED) is 0.741. The summed E-state index contributed by atoms with van der Waals surface area (Å²) in [4.78, 5) is 2.34. The minimum absolute atomic E-state index is 0.534. The highest BCUT2D eigenvalue weighted by molar-refractivity contribution is 5.55. The van der Waals surface area contributed by atoms with Crippen molar-refractivity contribution in [1.29, 1.82) is 0 Å². The third-order valence-electron chi connectivity index (χ3n) is 4.31. The molecule has 3 heterocycles. The zero-order valence-corrected chi connectivity index (χ0v) is 13.4. The second-order valence-corrected chi connectivity index (χ2v) is 6.06. The van der Waals surface area contributed by atoms with Crippen molar-refractivity contribution < 1.29 is 8.83 Å². The van der Waals surface area contributed by atoms with E-state index in [4.69, 9.17) is 8.83 Å². The summed E-state index contributed by atoms with van der Waals surface area (Å²) in [7, 11) is 0. The van der Waals surface area contributed by atoms with E-state index < -0.39 is 0 Å². The van der Waals surface area contributed by atoms with E-state index >= 15 is 0 Å². The van der Waals surface area contributed by atoms with Gasteiger partial charge in [-0.25, -0.2) is 0 Å². The average molecular weight is 309 g/mol. The number of aryl methyl sites for hydroxylation is 2. The van der Waals surface area contributed by atoms with Crippen molar-refractivity contribution in [2.45, 2.75) is 33.4 Å². The Bertz CT molecular complexity index is 834. The molecule has 118 valence electrons. The van der Waals surface area contributed by atoms with Gasteiger partial charge in [0.15, 0.2) is 0 Å². The van der Waals surface area contributed by atoms with Gasteiger partial charge in [-0.05, 0) is 37.5 Å². The SMILES string of the molecule is Cc1cc(-c2nnc(CN3CCc4ccccc4C3)o2)c(C)o1. The standard InChI is InChI=1S/C18H19N3O2/c1-12-9-16(13(2)22-12)18-20-19-17(23-18)11-21-8-7-14-5-3-4-6-15(14)10-21/h3-6,9H,7-8,10-11H2,1-2H3. The molecule has 0 spiro atoms. The lowest BCUT2D eigenvalue weighted by atomic mass is 10.00. The molecule has 2 aromatic heterocycles. The Morgan fingerprint density at radius 2 is 1.91 bits per heavy atom. The molecule has 0 unspecified atom stereocenters. The third-order valence-corrected chi connectivity index (χ3v) is 4.31. The van der Waals surface area contributed by atoms with E-state index in [-0.39, 0.29) is 0 Å². The summed E-state index contributed by atoms with van der Waals surface area (Å²) >= 11 is 0. The molecule has 0 saturated carbocycles. The van der Waals surface area contributed by atoms with Gasteiger partial charge >= 0.3 is 0 Å². The molecule has 5 heteroatoms. The van der Waals surface area contributed by atoms with Gasteiger partial charge in [0, 0.05) is 13.1 Å². The Kier molecular flexibility index (Phi) is 3.50.